The SMILES string of the molecule is CNC(=O)c1cc(F)ccc1CNC(=O)c1nc(Br)c2cccnc2c1OS(=O)(=O)c1ccc(C)cc1. The normalized spacial score (nSPS) is 11.2. The first-order chi connectivity index (χ1) is 17.6. The van der Waals surface area contributed by atoms with Crippen molar-refractivity contribution in [3.63, 3.8) is 0 Å². The predicted octanol–water partition coefficient (Wildman–Crippen LogP) is 3.90. The van der Waals surface area contributed by atoms with Gasteiger partial charge in [0.25, 0.3) is 11.8 Å². The Hall–Kier alpha value is -3.90. The number of hydrogen-bond acceptors (Lipinski definition) is 7. The van der Waals surface area contributed by atoms with Crippen LogP contribution in [0.4, 0.5) is 4.39 Å². The lowest BCUT2D eigenvalue weighted by molar-refractivity contribution is 0.0934. The number of aryl methyl sites for hydroxylation is 1. The van der Waals surface area contributed by atoms with Gasteiger partial charge in [0.1, 0.15) is 20.8 Å². The number of benzene rings is 2. The van der Waals surface area contributed by atoms with Crippen molar-refractivity contribution in [2.45, 2.75) is 18.4 Å². The average Bonchev–Trinajstić information content (AvgIpc) is 2.89. The van der Waals surface area contributed by atoms with Crippen molar-refractivity contribution in [1.29, 1.82) is 0 Å². The van der Waals surface area contributed by atoms with Crippen LogP contribution in [0.5, 0.6) is 5.75 Å². The van der Waals surface area contributed by atoms with Crippen LogP contribution in [0, 0.1) is 12.7 Å². The Morgan fingerprint density at radius 3 is 2.51 bits per heavy atom. The molecule has 2 aromatic carbocycles. The molecule has 12 heteroatoms. The molecule has 9 nitrogen and oxygen atoms in total. The van der Waals surface area contributed by atoms with E-state index in [9.17, 15) is 22.4 Å². The molecule has 0 atom stereocenters. The molecule has 2 N–H and O–H groups in total. The summed E-state index contributed by atoms with van der Waals surface area (Å²) in [7, 11) is -2.95. The predicted molar refractivity (Wildman–Crippen MR) is 137 cm³/mol. The number of halogens is 2. The van der Waals surface area contributed by atoms with E-state index in [-0.39, 0.29) is 38.6 Å². The zero-order chi connectivity index (χ0) is 26.7. The van der Waals surface area contributed by atoms with E-state index in [1.54, 1.807) is 24.3 Å². The van der Waals surface area contributed by atoms with Gasteiger partial charge in [-0.05, 0) is 64.8 Å². The van der Waals surface area contributed by atoms with E-state index in [0.29, 0.717) is 10.9 Å². The number of fused-ring (bicyclic) bond motifs is 1. The fraction of sp³-hybridized carbons (Fsp3) is 0.120. The lowest BCUT2D eigenvalue weighted by Gasteiger charge is -2.15. The third-order valence-corrected chi connectivity index (χ3v) is 7.21. The number of carbonyl (C=O) groups is 2. The molecule has 2 amide bonds. The summed E-state index contributed by atoms with van der Waals surface area (Å²) in [5.74, 6) is -2.30. The van der Waals surface area contributed by atoms with Crippen LogP contribution in [0.2, 0.25) is 0 Å². The van der Waals surface area contributed by atoms with Crippen LogP contribution >= 0.6 is 15.9 Å². The number of hydrogen-bond donors (Lipinski definition) is 2. The Labute approximate surface area is 220 Å². The molecule has 4 rings (SSSR count). The summed E-state index contributed by atoms with van der Waals surface area (Å²) in [6.45, 7) is 1.64. The summed E-state index contributed by atoms with van der Waals surface area (Å²) in [6, 6.07) is 12.9. The van der Waals surface area contributed by atoms with E-state index in [4.69, 9.17) is 4.18 Å². The van der Waals surface area contributed by atoms with Gasteiger partial charge in [-0.15, -0.1) is 0 Å². The number of nitrogens with zero attached hydrogens (tertiary/aromatic N) is 2. The van der Waals surface area contributed by atoms with Gasteiger partial charge in [-0.3, -0.25) is 14.6 Å². The summed E-state index contributed by atoms with van der Waals surface area (Å²) in [5.41, 5.74) is 0.973. The minimum atomic E-state index is -4.35. The van der Waals surface area contributed by atoms with E-state index in [2.05, 4.69) is 36.5 Å². The summed E-state index contributed by atoms with van der Waals surface area (Å²) in [6.07, 6.45) is 1.43. The minimum absolute atomic E-state index is 0.0375. The van der Waals surface area contributed by atoms with Crippen LogP contribution in [0.3, 0.4) is 0 Å². The van der Waals surface area contributed by atoms with Crippen molar-refractivity contribution in [1.82, 2.24) is 20.6 Å². The van der Waals surface area contributed by atoms with E-state index in [0.717, 1.165) is 17.7 Å². The Kier molecular flexibility index (Phi) is 7.50. The third kappa shape index (κ3) is 5.59. The molecule has 0 fully saturated rings. The maximum Gasteiger partial charge on any atom is 0.339 e. The van der Waals surface area contributed by atoms with Gasteiger partial charge >= 0.3 is 10.1 Å². The van der Waals surface area contributed by atoms with Crippen molar-refractivity contribution in [3.8, 4) is 5.75 Å². The van der Waals surface area contributed by atoms with Crippen molar-refractivity contribution in [3.05, 3.63) is 93.6 Å². The first kappa shape index (κ1) is 26.2. The molecule has 0 saturated carbocycles. The molecule has 190 valence electrons. The number of pyridine rings is 2. The minimum Gasteiger partial charge on any atom is -0.374 e. The fourth-order valence-corrected chi connectivity index (χ4v) is 4.92. The van der Waals surface area contributed by atoms with Crippen LogP contribution in [0.1, 0.15) is 32.0 Å². The highest BCUT2D eigenvalue weighted by molar-refractivity contribution is 9.10. The lowest BCUT2D eigenvalue weighted by Crippen LogP contribution is -2.27. The molecule has 2 heterocycles. The molecule has 0 saturated heterocycles. The Bertz CT molecular complexity index is 1630. The van der Waals surface area contributed by atoms with Gasteiger partial charge in [0.2, 0.25) is 5.75 Å². The third-order valence-electron chi connectivity index (χ3n) is 5.37. The molecule has 0 aliphatic heterocycles. The van der Waals surface area contributed by atoms with Gasteiger partial charge in [0.05, 0.1) is 0 Å². The molecular weight excluding hydrogens is 567 g/mol. The summed E-state index contributed by atoms with van der Waals surface area (Å²) in [4.78, 5) is 33.7. The number of nitrogens with one attached hydrogen (secondary N) is 2. The summed E-state index contributed by atoms with van der Waals surface area (Å²) in [5, 5.41) is 5.43. The lowest BCUT2D eigenvalue weighted by atomic mass is 10.1. The second kappa shape index (κ2) is 10.6. The van der Waals surface area contributed by atoms with Gasteiger partial charge in [-0.25, -0.2) is 9.37 Å². The molecule has 0 bridgehead atoms. The zero-order valence-electron chi connectivity index (χ0n) is 19.6. The van der Waals surface area contributed by atoms with Gasteiger partial charge < -0.3 is 14.8 Å². The van der Waals surface area contributed by atoms with Crippen LogP contribution in [0.15, 0.2) is 70.3 Å². The standard InChI is InChI=1S/C25H20BrFN4O5S/c1-14-5-9-17(10-6-14)37(34,35)36-22-20-18(4-3-11-29-20)23(26)31-21(22)25(33)30-13-15-7-8-16(27)12-19(15)24(32)28-2/h3-12H,13H2,1-2H3,(H,28,32)(H,30,33). The van der Waals surface area contributed by atoms with E-state index < -0.39 is 27.7 Å². The number of aromatic nitrogens is 2. The highest BCUT2D eigenvalue weighted by Gasteiger charge is 2.27. The van der Waals surface area contributed by atoms with Gasteiger partial charge in [0, 0.05) is 30.7 Å². The molecule has 0 aliphatic carbocycles. The van der Waals surface area contributed by atoms with Crippen molar-refractivity contribution >= 4 is 48.8 Å². The summed E-state index contributed by atoms with van der Waals surface area (Å²) >= 11 is 3.30. The van der Waals surface area contributed by atoms with Crippen LogP contribution in [-0.4, -0.2) is 37.2 Å². The van der Waals surface area contributed by atoms with Crippen LogP contribution in [0.25, 0.3) is 10.9 Å². The second-order valence-corrected chi connectivity index (χ2v) is 10.2. The average molecular weight is 587 g/mol. The molecule has 0 radical (unpaired) electrons. The Morgan fingerprint density at radius 1 is 1.08 bits per heavy atom. The zero-order valence-corrected chi connectivity index (χ0v) is 22.0. The molecule has 2 aromatic heterocycles. The molecule has 37 heavy (non-hydrogen) atoms. The molecule has 0 unspecified atom stereocenters. The maximum atomic E-state index is 13.7. The number of amides is 2. The van der Waals surface area contributed by atoms with Crippen molar-refractivity contribution < 1.29 is 26.6 Å². The maximum absolute atomic E-state index is 13.7. The van der Waals surface area contributed by atoms with E-state index in [1.165, 1.54) is 31.4 Å². The van der Waals surface area contributed by atoms with E-state index >= 15 is 0 Å². The van der Waals surface area contributed by atoms with Crippen molar-refractivity contribution in [2.75, 3.05) is 7.05 Å². The Morgan fingerprint density at radius 2 is 1.81 bits per heavy atom. The van der Waals surface area contributed by atoms with Gasteiger partial charge in [-0.1, -0.05) is 23.8 Å². The number of carbonyl (C=O) groups excluding carboxylic acids is 2. The quantitative estimate of drug-likeness (QED) is 0.248. The number of rotatable bonds is 7. The van der Waals surface area contributed by atoms with Crippen molar-refractivity contribution in [2.24, 2.45) is 0 Å². The molecule has 0 spiro atoms. The largest absolute Gasteiger partial charge is 0.374 e. The highest BCUT2D eigenvalue weighted by Crippen LogP contribution is 2.33. The summed E-state index contributed by atoms with van der Waals surface area (Å²) < 4.78 is 45.6. The van der Waals surface area contributed by atoms with Crippen LogP contribution in [-0.2, 0) is 16.7 Å². The second-order valence-electron chi connectivity index (χ2n) is 7.89. The topological polar surface area (TPSA) is 127 Å². The van der Waals surface area contributed by atoms with Gasteiger partial charge in [0.15, 0.2) is 5.69 Å². The smallest absolute Gasteiger partial charge is 0.339 e. The fourth-order valence-electron chi connectivity index (χ4n) is 3.48. The molecule has 0 aliphatic rings. The molecule has 4 aromatic rings. The highest BCUT2D eigenvalue weighted by atomic mass is 79.9. The first-order valence-electron chi connectivity index (χ1n) is 10.8. The molecular formula is C25H20BrFN4O5S. The monoisotopic (exact) mass is 586 g/mol. The van der Waals surface area contributed by atoms with Gasteiger partial charge in [-0.2, -0.15) is 8.42 Å². The van der Waals surface area contributed by atoms with Crippen LogP contribution < -0.4 is 14.8 Å². The first-order valence-corrected chi connectivity index (χ1v) is 13.0. The van der Waals surface area contributed by atoms with E-state index in [1.807, 2.05) is 6.92 Å². The Balaban J connectivity index is 1.74.